The number of benzene rings is 1. The summed E-state index contributed by atoms with van der Waals surface area (Å²) in [6, 6.07) is 7.15. The van der Waals surface area contributed by atoms with E-state index in [1.165, 1.54) is 19.3 Å². The Bertz CT molecular complexity index is 671. The molecule has 0 spiro atoms. The smallest absolute Gasteiger partial charge is 0.227 e. The highest BCUT2D eigenvalue weighted by Crippen LogP contribution is 2.34. The zero-order chi connectivity index (χ0) is 17.4. The molecule has 1 aromatic carbocycles. The third kappa shape index (κ3) is 3.24. The first kappa shape index (κ1) is 16.4. The summed E-state index contributed by atoms with van der Waals surface area (Å²) in [6.45, 7) is 2.05. The van der Waals surface area contributed by atoms with Crippen LogP contribution in [-0.2, 0) is 16.0 Å². The number of rotatable bonds is 4. The van der Waals surface area contributed by atoms with E-state index in [9.17, 15) is 14.7 Å². The van der Waals surface area contributed by atoms with Crippen molar-refractivity contribution in [3.8, 4) is 5.75 Å². The standard InChI is InChI=1S/C20H26N2O3/c23-18-7-2-1-6-15(18)10-19(24)21-12-16-8-9-17(13-21)22(20(16)25)11-14-4-3-5-14/h1-2,6-7,14,16-17,23H,3-5,8-13H2/t16-,17+/m1/s1. The van der Waals surface area contributed by atoms with Crippen LogP contribution in [0.15, 0.2) is 24.3 Å². The summed E-state index contributed by atoms with van der Waals surface area (Å²) in [7, 11) is 0. The molecule has 0 aromatic heterocycles. The Morgan fingerprint density at radius 1 is 1.12 bits per heavy atom. The number of carbonyl (C=O) groups excluding carboxylic acids is 2. The molecule has 2 bridgehead atoms. The maximum Gasteiger partial charge on any atom is 0.227 e. The fourth-order valence-corrected chi connectivity index (χ4v) is 4.37. The van der Waals surface area contributed by atoms with Crippen LogP contribution in [0, 0.1) is 11.8 Å². The van der Waals surface area contributed by atoms with E-state index in [2.05, 4.69) is 4.90 Å². The number of hydrogen-bond donors (Lipinski definition) is 1. The van der Waals surface area contributed by atoms with Gasteiger partial charge in [-0.15, -0.1) is 0 Å². The highest BCUT2D eigenvalue weighted by Gasteiger charge is 2.42. The molecule has 4 aliphatic rings. The van der Waals surface area contributed by atoms with Gasteiger partial charge in [0.25, 0.3) is 0 Å². The van der Waals surface area contributed by atoms with Gasteiger partial charge in [-0.05, 0) is 37.7 Å². The normalized spacial score (nSPS) is 26.5. The molecular formula is C20H26N2O3. The summed E-state index contributed by atoms with van der Waals surface area (Å²) in [6.07, 6.45) is 5.84. The van der Waals surface area contributed by atoms with Crippen LogP contribution in [-0.4, -0.2) is 52.4 Å². The number of aromatic hydroxyl groups is 1. The molecule has 4 fully saturated rings. The monoisotopic (exact) mass is 342 g/mol. The maximum absolute atomic E-state index is 12.8. The van der Waals surface area contributed by atoms with Gasteiger partial charge in [-0.3, -0.25) is 9.59 Å². The largest absolute Gasteiger partial charge is 0.508 e. The molecule has 1 saturated carbocycles. The summed E-state index contributed by atoms with van der Waals surface area (Å²) in [5.74, 6) is 1.04. The van der Waals surface area contributed by atoms with E-state index in [1.807, 2.05) is 11.0 Å². The number of amides is 2. The first-order valence-electron chi connectivity index (χ1n) is 9.47. The fourth-order valence-electron chi connectivity index (χ4n) is 4.37. The lowest BCUT2D eigenvalue weighted by Gasteiger charge is -2.40. The van der Waals surface area contributed by atoms with Crippen molar-refractivity contribution in [1.29, 1.82) is 0 Å². The minimum atomic E-state index is -0.0489. The molecule has 3 aliphatic heterocycles. The van der Waals surface area contributed by atoms with Gasteiger partial charge in [0.05, 0.1) is 12.3 Å². The Hall–Kier alpha value is -2.04. The lowest BCUT2D eigenvalue weighted by Crippen LogP contribution is -2.50. The molecule has 2 amide bonds. The van der Waals surface area contributed by atoms with Gasteiger partial charge in [0.2, 0.25) is 11.8 Å². The predicted molar refractivity (Wildman–Crippen MR) is 94.0 cm³/mol. The van der Waals surface area contributed by atoms with Crippen molar-refractivity contribution in [2.75, 3.05) is 19.6 Å². The van der Waals surface area contributed by atoms with Crippen LogP contribution in [0.25, 0.3) is 0 Å². The number of fused-ring (bicyclic) bond motifs is 4. The molecular weight excluding hydrogens is 316 g/mol. The average Bonchev–Trinajstić information content (AvgIpc) is 2.85. The van der Waals surface area contributed by atoms with E-state index < -0.39 is 0 Å². The summed E-state index contributed by atoms with van der Waals surface area (Å²) >= 11 is 0. The Morgan fingerprint density at radius 2 is 1.92 bits per heavy atom. The second-order valence-corrected chi connectivity index (χ2v) is 7.82. The van der Waals surface area contributed by atoms with E-state index in [1.54, 1.807) is 18.2 Å². The van der Waals surface area contributed by atoms with Gasteiger partial charge in [0.15, 0.2) is 0 Å². The molecule has 134 valence electrons. The van der Waals surface area contributed by atoms with Crippen LogP contribution >= 0.6 is 0 Å². The third-order valence-corrected chi connectivity index (χ3v) is 6.16. The molecule has 25 heavy (non-hydrogen) atoms. The van der Waals surface area contributed by atoms with E-state index in [-0.39, 0.29) is 35.9 Å². The fraction of sp³-hybridized carbons (Fsp3) is 0.600. The van der Waals surface area contributed by atoms with Crippen molar-refractivity contribution in [2.24, 2.45) is 11.8 Å². The lowest BCUT2D eigenvalue weighted by atomic mass is 9.83. The SMILES string of the molecule is O=C(Cc1ccccc1O)N1C[C@H]2CC[C@@H](C1)N(CC1CCC1)C2=O. The van der Waals surface area contributed by atoms with Gasteiger partial charge in [-0.2, -0.15) is 0 Å². The molecule has 0 radical (unpaired) electrons. The van der Waals surface area contributed by atoms with Crippen LogP contribution in [0.3, 0.4) is 0 Å². The van der Waals surface area contributed by atoms with E-state index in [0.29, 0.717) is 24.6 Å². The Balaban J connectivity index is 1.46. The van der Waals surface area contributed by atoms with Crippen molar-refractivity contribution in [2.45, 2.75) is 44.6 Å². The van der Waals surface area contributed by atoms with Gasteiger partial charge >= 0.3 is 0 Å². The second-order valence-electron chi connectivity index (χ2n) is 7.82. The average molecular weight is 342 g/mol. The number of hydrogen-bond acceptors (Lipinski definition) is 3. The first-order chi connectivity index (χ1) is 12.1. The summed E-state index contributed by atoms with van der Waals surface area (Å²) in [4.78, 5) is 29.5. The Morgan fingerprint density at radius 3 is 2.64 bits per heavy atom. The summed E-state index contributed by atoms with van der Waals surface area (Å²) in [5, 5.41) is 9.91. The number of carbonyl (C=O) groups is 2. The number of para-hydroxylation sites is 1. The topological polar surface area (TPSA) is 60.9 Å². The molecule has 5 nitrogen and oxygen atoms in total. The van der Waals surface area contributed by atoms with Crippen LogP contribution in [0.1, 0.15) is 37.7 Å². The summed E-state index contributed by atoms with van der Waals surface area (Å²) in [5.41, 5.74) is 0.654. The lowest BCUT2D eigenvalue weighted by molar-refractivity contribution is -0.141. The molecule has 3 saturated heterocycles. The molecule has 0 unspecified atom stereocenters. The highest BCUT2D eigenvalue weighted by molar-refractivity contribution is 5.84. The van der Waals surface area contributed by atoms with Crippen molar-refractivity contribution < 1.29 is 14.7 Å². The minimum absolute atomic E-state index is 0.0108. The molecule has 3 heterocycles. The molecule has 1 N–H and O–H groups in total. The number of piperidine rings is 1. The second kappa shape index (κ2) is 6.70. The number of nitrogens with zero attached hydrogens (tertiary/aromatic N) is 2. The van der Waals surface area contributed by atoms with Crippen LogP contribution < -0.4 is 0 Å². The van der Waals surface area contributed by atoms with E-state index in [0.717, 1.165) is 19.4 Å². The van der Waals surface area contributed by atoms with E-state index in [4.69, 9.17) is 0 Å². The van der Waals surface area contributed by atoms with Gasteiger partial charge in [-0.1, -0.05) is 24.6 Å². The maximum atomic E-state index is 12.8. The van der Waals surface area contributed by atoms with Gasteiger partial charge in [0.1, 0.15) is 5.75 Å². The van der Waals surface area contributed by atoms with Crippen LogP contribution in [0.4, 0.5) is 0 Å². The zero-order valence-electron chi connectivity index (χ0n) is 14.6. The first-order valence-corrected chi connectivity index (χ1v) is 9.47. The Labute approximate surface area is 148 Å². The molecule has 1 aliphatic carbocycles. The van der Waals surface area contributed by atoms with Crippen molar-refractivity contribution in [3.63, 3.8) is 0 Å². The quantitative estimate of drug-likeness (QED) is 0.912. The van der Waals surface area contributed by atoms with Crippen LogP contribution in [0.5, 0.6) is 5.75 Å². The zero-order valence-corrected chi connectivity index (χ0v) is 14.6. The predicted octanol–water partition coefficient (Wildman–Crippen LogP) is 2.18. The van der Waals surface area contributed by atoms with Gasteiger partial charge in [0, 0.05) is 31.2 Å². The van der Waals surface area contributed by atoms with Crippen LogP contribution in [0.2, 0.25) is 0 Å². The van der Waals surface area contributed by atoms with Gasteiger partial charge < -0.3 is 14.9 Å². The molecule has 5 rings (SSSR count). The van der Waals surface area contributed by atoms with Crippen molar-refractivity contribution >= 4 is 11.8 Å². The van der Waals surface area contributed by atoms with Crippen molar-refractivity contribution in [1.82, 2.24) is 9.80 Å². The molecule has 2 atom stereocenters. The van der Waals surface area contributed by atoms with Crippen molar-refractivity contribution in [3.05, 3.63) is 29.8 Å². The third-order valence-electron chi connectivity index (χ3n) is 6.16. The van der Waals surface area contributed by atoms with Gasteiger partial charge in [-0.25, -0.2) is 0 Å². The Kier molecular flexibility index (Phi) is 4.40. The number of phenolic OH excluding ortho intramolecular Hbond substituents is 1. The summed E-state index contributed by atoms with van der Waals surface area (Å²) < 4.78 is 0. The number of phenols is 1. The molecule has 5 heteroatoms. The van der Waals surface area contributed by atoms with E-state index >= 15 is 0 Å². The minimum Gasteiger partial charge on any atom is -0.508 e. The highest BCUT2D eigenvalue weighted by atomic mass is 16.3. The molecule has 1 aromatic rings.